The van der Waals surface area contributed by atoms with E-state index in [2.05, 4.69) is 60.3 Å². The van der Waals surface area contributed by atoms with Crippen LogP contribution in [-0.4, -0.2) is 108 Å². The number of ether oxygens (including phenoxy) is 3. The molecule has 9 nitrogen and oxygen atoms in total. The van der Waals surface area contributed by atoms with Gasteiger partial charge in [-0.05, 0) is 94.4 Å². The zero-order valence-corrected chi connectivity index (χ0v) is 34.9. The first-order valence-corrected chi connectivity index (χ1v) is 19.9. The van der Waals surface area contributed by atoms with E-state index in [1.807, 2.05) is 32.6 Å². The molecule has 1 aliphatic rings. The summed E-state index contributed by atoms with van der Waals surface area (Å²) in [5.74, 6) is -0.123. The van der Waals surface area contributed by atoms with Gasteiger partial charge in [0.1, 0.15) is 19.8 Å². The number of nitrogens with zero attached hydrogens (tertiary/aromatic N) is 3. The SMILES string of the molecule is CCCCC(CCC)N(C(=O)COCC(CC)(COCC(=O)N(C)C(C)(C)C)COCC(=O)N(C1CCCCCCC1)C(C)(C)C)C(C)(C)C. The van der Waals surface area contributed by atoms with E-state index in [1.165, 1.54) is 19.3 Å². The van der Waals surface area contributed by atoms with Gasteiger partial charge in [0.05, 0.1) is 19.8 Å². The molecule has 294 valence electrons. The van der Waals surface area contributed by atoms with Crippen molar-refractivity contribution in [2.75, 3.05) is 46.7 Å². The lowest BCUT2D eigenvalue weighted by atomic mass is 9.88. The molecule has 0 aromatic heterocycles. The van der Waals surface area contributed by atoms with Gasteiger partial charge in [0, 0.05) is 41.2 Å². The van der Waals surface area contributed by atoms with Crippen LogP contribution in [0.3, 0.4) is 0 Å². The number of likely N-dealkylation sites (N-methyl/N-ethyl adjacent to an activating group) is 1. The first-order chi connectivity index (χ1) is 23.2. The third kappa shape index (κ3) is 15.9. The predicted octanol–water partition coefficient (Wildman–Crippen LogP) is 8.42. The minimum atomic E-state index is -0.647. The summed E-state index contributed by atoms with van der Waals surface area (Å²) in [6.07, 6.45) is 13.8. The smallest absolute Gasteiger partial charge is 0.249 e. The van der Waals surface area contributed by atoms with Gasteiger partial charge in [-0.15, -0.1) is 0 Å². The predicted molar refractivity (Wildman–Crippen MR) is 205 cm³/mol. The Morgan fingerprint density at radius 3 is 1.52 bits per heavy atom. The third-order valence-electron chi connectivity index (χ3n) is 10.3. The lowest BCUT2D eigenvalue weighted by molar-refractivity contribution is -0.152. The average Bonchev–Trinajstić information content (AvgIpc) is 2.98. The number of hydrogen-bond donors (Lipinski definition) is 0. The Morgan fingerprint density at radius 2 is 1.10 bits per heavy atom. The molecule has 0 N–H and O–H groups in total. The fraction of sp³-hybridized carbons (Fsp3) is 0.927. The van der Waals surface area contributed by atoms with E-state index in [-0.39, 0.29) is 86.1 Å². The minimum absolute atomic E-state index is 0.00179. The molecule has 0 aliphatic heterocycles. The largest absolute Gasteiger partial charge is 0.371 e. The van der Waals surface area contributed by atoms with Crippen molar-refractivity contribution in [3.05, 3.63) is 0 Å². The van der Waals surface area contributed by atoms with Crippen LogP contribution in [0.25, 0.3) is 0 Å². The minimum Gasteiger partial charge on any atom is -0.371 e. The first kappa shape index (κ1) is 46.3. The van der Waals surface area contributed by atoms with Crippen LogP contribution in [0.1, 0.15) is 167 Å². The summed E-state index contributed by atoms with van der Waals surface area (Å²) in [4.78, 5) is 46.4. The molecule has 0 spiro atoms. The summed E-state index contributed by atoms with van der Waals surface area (Å²) in [7, 11) is 1.78. The molecule has 2 atom stereocenters. The molecular weight excluding hydrogens is 630 g/mol. The number of unbranched alkanes of at least 4 members (excludes halogenated alkanes) is 1. The van der Waals surface area contributed by atoms with Gasteiger partial charge in [0.2, 0.25) is 17.7 Å². The highest BCUT2D eigenvalue weighted by atomic mass is 16.5. The van der Waals surface area contributed by atoms with Crippen molar-refractivity contribution in [1.82, 2.24) is 14.7 Å². The molecule has 1 fully saturated rings. The van der Waals surface area contributed by atoms with Crippen LogP contribution in [0.15, 0.2) is 0 Å². The van der Waals surface area contributed by atoms with Gasteiger partial charge in [0.25, 0.3) is 0 Å². The first-order valence-electron chi connectivity index (χ1n) is 19.9. The Bertz CT molecular complexity index is 947. The maximum Gasteiger partial charge on any atom is 0.249 e. The maximum absolute atomic E-state index is 13.8. The molecule has 0 saturated heterocycles. The quantitative estimate of drug-likeness (QED) is 0.126. The van der Waals surface area contributed by atoms with E-state index in [0.717, 1.165) is 57.8 Å². The highest BCUT2D eigenvalue weighted by molar-refractivity contribution is 5.79. The lowest BCUT2D eigenvalue weighted by Crippen LogP contribution is -2.53. The molecule has 0 aromatic carbocycles. The normalized spacial score (nSPS) is 17.0. The summed E-state index contributed by atoms with van der Waals surface area (Å²) in [6, 6.07) is 0.379. The van der Waals surface area contributed by atoms with Crippen molar-refractivity contribution in [2.45, 2.75) is 195 Å². The zero-order chi connectivity index (χ0) is 38.2. The number of carbonyl (C=O) groups is 3. The second-order valence-electron chi connectivity index (χ2n) is 17.9. The van der Waals surface area contributed by atoms with Crippen molar-refractivity contribution in [3.8, 4) is 0 Å². The molecule has 3 amide bonds. The topological polar surface area (TPSA) is 88.6 Å². The Balaban J connectivity index is 3.15. The van der Waals surface area contributed by atoms with E-state index >= 15 is 0 Å². The van der Waals surface area contributed by atoms with Gasteiger partial charge in [-0.1, -0.05) is 72.1 Å². The van der Waals surface area contributed by atoms with Gasteiger partial charge in [-0.3, -0.25) is 14.4 Å². The Hall–Kier alpha value is -1.71. The Kier molecular flexibility index (Phi) is 20.1. The molecule has 1 rings (SSSR count). The summed E-state index contributed by atoms with van der Waals surface area (Å²) >= 11 is 0. The summed E-state index contributed by atoms with van der Waals surface area (Å²) in [5, 5.41) is 0. The average molecular weight is 710 g/mol. The molecule has 9 heteroatoms. The lowest BCUT2D eigenvalue weighted by Gasteiger charge is -2.43. The molecule has 50 heavy (non-hydrogen) atoms. The van der Waals surface area contributed by atoms with Crippen molar-refractivity contribution >= 4 is 17.7 Å². The maximum atomic E-state index is 13.8. The van der Waals surface area contributed by atoms with E-state index in [0.29, 0.717) is 6.42 Å². The van der Waals surface area contributed by atoms with Crippen molar-refractivity contribution in [2.24, 2.45) is 5.41 Å². The van der Waals surface area contributed by atoms with Gasteiger partial charge < -0.3 is 28.9 Å². The summed E-state index contributed by atoms with van der Waals surface area (Å²) in [5.41, 5.74) is -1.62. The van der Waals surface area contributed by atoms with Crippen LogP contribution < -0.4 is 0 Å². The number of amides is 3. The van der Waals surface area contributed by atoms with Crippen LogP contribution >= 0.6 is 0 Å². The highest BCUT2D eigenvalue weighted by Gasteiger charge is 2.37. The summed E-state index contributed by atoms with van der Waals surface area (Å²) < 4.78 is 18.6. The molecular formula is C41H79N3O6. The molecule has 1 aliphatic carbocycles. The monoisotopic (exact) mass is 710 g/mol. The van der Waals surface area contributed by atoms with Crippen molar-refractivity contribution in [3.63, 3.8) is 0 Å². The highest BCUT2D eigenvalue weighted by Crippen LogP contribution is 2.29. The number of carbonyl (C=O) groups excluding carboxylic acids is 3. The fourth-order valence-corrected chi connectivity index (χ4v) is 7.22. The standard InChI is InChI=1S/C41H79N3O6/c1-14-17-24-33(23-15-2)43(39(7,8)9)36(46)28-49-31-41(16-3,30-48-27-35(45)42(13)38(4,5)6)32-50-29-37(47)44(40(10,11)12)34-25-21-19-18-20-22-26-34/h33-34H,14-32H2,1-13H3. The summed E-state index contributed by atoms with van der Waals surface area (Å²) in [6.45, 7) is 25.5. The Morgan fingerprint density at radius 1 is 0.620 bits per heavy atom. The van der Waals surface area contributed by atoms with Crippen molar-refractivity contribution in [1.29, 1.82) is 0 Å². The molecule has 2 unspecified atom stereocenters. The van der Waals surface area contributed by atoms with Crippen molar-refractivity contribution < 1.29 is 28.6 Å². The molecule has 1 saturated carbocycles. The van der Waals surface area contributed by atoms with E-state index < -0.39 is 5.41 Å². The van der Waals surface area contributed by atoms with Crippen LogP contribution in [0, 0.1) is 5.41 Å². The van der Waals surface area contributed by atoms with Gasteiger partial charge in [0.15, 0.2) is 0 Å². The second kappa shape index (κ2) is 21.7. The zero-order valence-electron chi connectivity index (χ0n) is 34.9. The Labute approximate surface area is 307 Å². The van der Waals surface area contributed by atoms with E-state index in [4.69, 9.17) is 14.2 Å². The van der Waals surface area contributed by atoms with E-state index in [9.17, 15) is 14.4 Å². The molecule has 0 heterocycles. The third-order valence-corrected chi connectivity index (χ3v) is 10.3. The van der Waals surface area contributed by atoms with Crippen LogP contribution in [0.4, 0.5) is 0 Å². The van der Waals surface area contributed by atoms with Crippen LogP contribution in [0.5, 0.6) is 0 Å². The van der Waals surface area contributed by atoms with Gasteiger partial charge in [-0.2, -0.15) is 0 Å². The van der Waals surface area contributed by atoms with Crippen LogP contribution in [0.2, 0.25) is 0 Å². The molecule has 0 radical (unpaired) electrons. The molecule has 0 aromatic rings. The fourth-order valence-electron chi connectivity index (χ4n) is 7.22. The molecule has 0 bridgehead atoms. The van der Waals surface area contributed by atoms with E-state index in [1.54, 1.807) is 11.9 Å². The van der Waals surface area contributed by atoms with Gasteiger partial charge >= 0.3 is 0 Å². The van der Waals surface area contributed by atoms with Crippen LogP contribution in [-0.2, 0) is 28.6 Å². The van der Waals surface area contributed by atoms with Gasteiger partial charge in [-0.25, -0.2) is 0 Å². The number of hydrogen-bond acceptors (Lipinski definition) is 6. The number of rotatable bonds is 20. The second-order valence-corrected chi connectivity index (χ2v) is 17.9.